The molecule has 25 heavy (non-hydrogen) atoms. The number of thiazole rings is 1. The van der Waals surface area contributed by atoms with E-state index >= 15 is 0 Å². The number of thiophene rings is 1. The Balaban J connectivity index is 1.72. The normalized spacial score (nSPS) is 12.0. The van der Waals surface area contributed by atoms with Crippen molar-refractivity contribution in [2.75, 3.05) is 0 Å². The van der Waals surface area contributed by atoms with Crippen LogP contribution in [0.2, 0.25) is 0 Å². The molecule has 3 aromatic rings. The second kappa shape index (κ2) is 7.29. The summed E-state index contributed by atoms with van der Waals surface area (Å²) in [6.07, 6.45) is -0.861. The molecule has 0 spiro atoms. The molecule has 0 saturated carbocycles. The van der Waals surface area contributed by atoms with Crippen molar-refractivity contribution in [3.63, 3.8) is 0 Å². The number of aromatic nitrogens is 1. The van der Waals surface area contributed by atoms with E-state index in [1.807, 2.05) is 49.6 Å². The molecule has 128 valence electrons. The van der Waals surface area contributed by atoms with Gasteiger partial charge in [-0.3, -0.25) is 4.79 Å². The third kappa shape index (κ3) is 3.86. The third-order valence-electron chi connectivity index (χ3n) is 3.76. The number of esters is 1. The highest BCUT2D eigenvalue weighted by atomic mass is 32.1. The Morgan fingerprint density at radius 2 is 1.96 bits per heavy atom. The number of rotatable bonds is 5. The number of hydrogen-bond donors (Lipinski definition) is 0. The minimum Gasteiger partial charge on any atom is -0.450 e. The Labute approximate surface area is 154 Å². The molecule has 1 atom stereocenters. The Morgan fingerprint density at radius 1 is 1.16 bits per heavy atom. The maximum atomic E-state index is 12.6. The lowest BCUT2D eigenvalue weighted by molar-refractivity contribution is 0.0313. The zero-order valence-electron chi connectivity index (χ0n) is 14.1. The number of ketones is 1. The molecule has 4 nitrogen and oxygen atoms in total. The first kappa shape index (κ1) is 17.5. The fourth-order valence-corrected chi connectivity index (χ4v) is 3.98. The van der Waals surface area contributed by atoms with E-state index in [0.29, 0.717) is 5.56 Å². The quantitative estimate of drug-likeness (QED) is 0.472. The van der Waals surface area contributed by atoms with Crippen LogP contribution in [0.1, 0.15) is 38.9 Å². The number of carbonyl (C=O) groups is 2. The summed E-state index contributed by atoms with van der Waals surface area (Å²) >= 11 is 2.95. The Bertz CT molecular complexity index is 913. The topological polar surface area (TPSA) is 56.3 Å². The van der Waals surface area contributed by atoms with Gasteiger partial charge >= 0.3 is 5.97 Å². The van der Waals surface area contributed by atoms with E-state index in [1.54, 1.807) is 23.6 Å². The first-order valence-corrected chi connectivity index (χ1v) is 9.53. The van der Waals surface area contributed by atoms with Crippen molar-refractivity contribution in [1.82, 2.24) is 4.98 Å². The van der Waals surface area contributed by atoms with Crippen LogP contribution in [-0.4, -0.2) is 22.8 Å². The molecule has 0 amide bonds. The van der Waals surface area contributed by atoms with Gasteiger partial charge in [0.2, 0.25) is 5.78 Å². The smallest absolute Gasteiger partial charge is 0.358 e. The first-order chi connectivity index (χ1) is 12.0. The lowest BCUT2D eigenvalue weighted by Crippen LogP contribution is -2.25. The predicted octanol–water partition coefficient (Wildman–Crippen LogP) is 4.92. The molecular weight excluding hydrogens is 354 g/mol. The van der Waals surface area contributed by atoms with E-state index < -0.39 is 12.1 Å². The average molecular weight is 371 g/mol. The van der Waals surface area contributed by atoms with Gasteiger partial charge in [0.05, 0.1) is 4.88 Å². The first-order valence-electron chi connectivity index (χ1n) is 7.77. The molecule has 0 aliphatic carbocycles. The second-order valence-electron chi connectivity index (χ2n) is 5.75. The molecule has 0 radical (unpaired) electrons. The molecule has 0 aliphatic rings. The van der Waals surface area contributed by atoms with Crippen molar-refractivity contribution in [3.8, 4) is 9.88 Å². The number of benzene rings is 1. The van der Waals surface area contributed by atoms with Crippen LogP contribution in [0, 0.1) is 13.8 Å². The van der Waals surface area contributed by atoms with Crippen LogP contribution in [-0.2, 0) is 4.74 Å². The van der Waals surface area contributed by atoms with E-state index in [9.17, 15) is 9.59 Å². The van der Waals surface area contributed by atoms with Crippen LogP contribution >= 0.6 is 22.7 Å². The summed E-state index contributed by atoms with van der Waals surface area (Å²) in [7, 11) is 0. The fraction of sp³-hybridized carbons (Fsp3) is 0.211. The predicted molar refractivity (Wildman–Crippen MR) is 101 cm³/mol. The summed E-state index contributed by atoms with van der Waals surface area (Å²) in [6, 6.07) is 9.55. The van der Waals surface area contributed by atoms with E-state index in [2.05, 4.69) is 4.98 Å². The van der Waals surface area contributed by atoms with Gasteiger partial charge in [-0.15, -0.1) is 22.7 Å². The van der Waals surface area contributed by atoms with Gasteiger partial charge in [0.1, 0.15) is 5.01 Å². The van der Waals surface area contributed by atoms with Crippen molar-refractivity contribution >= 4 is 34.4 Å². The maximum Gasteiger partial charge on any atom is 0.358 e. The molecule has 6 heteroatoms. The molecule has 0 fully saturated rings. The molecular formula is C19H17NO3S2. The van der Waals surface area contributed by atoms with Crippen molar-refractivity contribution in [3.05, 3.63) is 63.5 Å². The van der Waals surface area contributed by atoms with Gasteiger partial charge in [0.25, 0.3) is 0 Å². The van der Waals surface area contributed by atoms with Crippen molar-refractivity contribution < 1.29 is 14.3 Å². The van der Waals surface area contributed by atoms with Crippen molar-refractivity contribution in [2.45, 2.75) is 26.9 Å². The minimum absolute atomic E-state index is 0.205. The molecule has 3 rings (SSSR count). The lowest BCUT2D eigenvalue weighted by Gasteiger charge is -2.13. The lowest BCUT2D eigenvalue weighted by atomic mass is 9.99. The van der Waals surface area contributed by atoms with E-state index in [1.165, 1.54) is 11.3 Å². The molecule has 1 aromatic carbocycles. The van der Waals surface area contributed by atoms with Crippen LogP contribution in [0.4, 0.5) is 0 Å². The minimum atomic E-state index is -0.861. The SMILES string of the molecule is Cc1ccc(C)c(C(=O)[C@@H](C)OC(=O)c2csc(-c3cccs3)n2)c1. The molecule has 0 aliphatic heterocycles. The second-order valence-corrected chi connectivity index (χ2v) is 7.55. The highest BCUT2D eigenvalue weighted by Gasteiger charge is 2.23. The Hall–Kier alpha value is -2.31. The maximum absolute atomic E-state index is 12.6. The fourth-order valence-electron chi connectivity index (χ4n) is 2.38. The number of ether oxygens (including phenoxy) is 1. The molecule has 0 saturated heterocycles. The van der Waals surface area contributed by atoms with Crippen LogP contribution in [0.25, 0.3) is 9.88 Å². The Morgan fingerprint density at radius 3 is 2.68 bits per heavy atom. The molecule has 0 N–H and O–H groups in total. The summed E-state index contributed by atoms with van der Waals surface area (Å²) in [5.41, 5.74) is 2.67. The highest BCUT2D eigenvalue weighted by Crippen LogP contribution is 2.28. The van der Waals surface area contributed by atoms with Gasteiger partial charge < -0.3 is 4.74 Å². The summed E-state index contributed by atoms with van der Waals surface area (Å²) in [5, 5.41) is 4.39. The third-order valence-corrected chi connectivity index (χ3v) is 5.64. The molecule has 2 heterocycles. The number of Topliss-reactive ketones (excluding diaryl/α,β-unsaturated/α-hetero) is 1. The van der Waals surface area contributed by atoms with Crippen LogP contribution < -0.4 is 0 Å². The van der Waals surface area contributed by atoms with Crippen molar-refractivity contribution in [2.24, 2.45) is 0 Å². The monoisotopic (exact) mass is 371 g/mol. The van der Waals surface area contributed by atoms with Crippen LogP contribution in [0.15, 0.2) is 41.1 Å². The van der Waals surface area contributed by atoms with Crippen molar-refractivity contribution in [1.29, 1.82) is 0 Å². The van der Waals surface area contributed by atoms with E-state index in [4.69, 9.17) is 4.74 Å². The Kier molecular flexibility index (Phi) is 5.11. The molecule has 0 unspecified atom stereocenters. The van der Waals surface area contributed by atoms with Gasteiger partial charge in [0.15, 0.2) is 11.8 Å². The van der Waals surface area contributed by atoms with Gasteiger partial charge in [-0.1, -0.05) is 23.8 Å². The van der Waals surface area contributed by atoms with Gasteiger partial charge in [0, 0.05) is 10.9 Å². The van der Waals surface area contributed by atoms with Gasteiger partial charge in [-0.2, -0.15) is 0 Å². The highest BCUT2D eigenvalue weighted by molar-refractivity contribution is 7.20. The number of carbonyl (C=O) groups excluding carboxylic acids is 2. The number of nitrogens with zero attached hydrogens (tertiary/aromatic N) is 1. The zero-order chi connectivity index (χ0) is 18.0. The standard InChI is InChI=1S/C19H17NO3S2/c1-11-6-7-12(2)14(9-11)17(21)13(3)23-19(22)15-10-25-18(20-15)16-5-4-8-24-16/h4-10,13H,1-3H3/t13-/m1/s1. The van der Waals surface area contributed by atoms with Crippen LogP contribution in [0.5, 0.6) is 0 Å². The summed E-state index contributed by atoms with van der Waals surface area (Å²) in [4.78, 5) is 30.2. The van der Waals surface area contributed by atoms with Crippen LogP contribution in [0.3, 0.4) is 0 Å². The average Bonchev–Trinajstić information content (AvgIpc) is 3.27. The summed E-state index contributed by atoms with van der Waals surface area (Å²) in [6.45, 7) is 5.39. The largest absolute Gasteiger partial charge is 0.450 e. The molecule has 0 bridgehead atoms. The molecule has 2 aromatic heterocycles. The zero-order valence-corrected chi connectivity index (χ0v) is 15.7. The number of hydrogen-bond acceptors (Lipinski definition) is 6. The summed E-state index contributed by atoms with van der Waals surface area (Å²) in [5.74, 6) is -0.784. The number of aryl methyl sites for hydroxylation is 2. The van der Waals surface area contributed by atoms with E-state index in [0.717, 1.165) is 21.0 Å². The van der Waals surface area contributed by atoms with E-state index in [-0.39, 0.29) is 11.5 Å². The van der Waals surface area contributed by atoms with Gasteiger partial charge in [-0.05, 0) is 43.8 Å². The van der Waals surface area contributed by atoms with Gasteiger partial charge in [-0.25, -0.2) is 9.78 Å². The summed E-state index contributed by atoms with van der Waals surface area (Å²) < 4.78 is 5.34.